The van der Waals surface area contributed by atoms with Gasteiger partial charge in [0.2, 0.25) is 0 Å². The van der Waals surface area contributed by atoms with Crippen molar-refractivity contribution in [1.82, 2.24) is 10.2 Å². The molecule has 142 valence electrons. The molecule has 0 spiro atoms. The van der Waals surface area contributed by atoms with Crippen molar-refractivity contribution in [1.29, 1.82) is 5.26 Å². The number of rotatable bonds is 4. The number of benzene rings is 3. The van der Waals surface area contributed by atoms with E-state index in [1.165, 1.54) is 12.1 Å². The van der Waals surface area contributed by atoms with Crippen molar-refractivity contribution in [3.8, 4) is 6.07 Å². The van der Waals surface area contributed by atoms with Gasteiger partial charge in [-0.25, -0.2) is 9.18 Å². The smallest absolute Gasteiger partial charge is 0.315 e. The number of nitrogens with zero attached hydrogens (tertiary/aromatic N) is 2. The van der Waals surface area contributed by atoms with Gasteiger partial charge in [-0.1, -0.05) is 66.7 Å². The molecule has 1 N–H and O–H groups in total. The highest BCUT2D eigenvalue weighted by Crippen LogP contribution is 2.36. The summed E-state index contributed by atoms with van der Waals surface area (Å²) in [6.07, 6.45) is 0. The van der Waals surface area contributed by atoms with Gasteiger partial charge in [-0.3, -0.25) is 9.69 Å². The monoisotopic (exact) mass is 385 g/mol. The first kappa shape index (κ1) is 18.4. The van der Waals surface area contributed by atoms with Crippen molar-refractivity contribution in [3.63, 3.8) is 0 Å². The molecule has 0 aliphatic carbocycles. The van der Waals surface area contributed by atoms with E-state index in [2.05, 4.69) is 5.32 Å². The molecule has 1 saturated heterocycles. The van der Waals surface area contributed by atoms with E-state index in [1.54, 1.807) is 48.5 Å². The zero-order chi connectivity index (χ0) is 20.4. The minimum atomic E-state index is -1.37. The molecule has 0 unspecified atom stereocenters. The van der Waals surface area contributed by atoms with Gasteiger partial charge < -0.3 is 5.32 Å². The fourth-order valence-electron chi connectivity index (χ4n) is 3.61. The van der Waals surface area contributed by atoms with Crippen LogP contribution in [0.4, 0.5) is 9.18 Å². The molecule has 3 aromatic carbocycles. The van der Waals surface area contributed by atoms with Crippen LogP contribution in [0, 0.1) is 17.1 Å². The minimum absolute atomic E-state index is 0.0857. The van der Waals surface area contributed by atoms with Gasteiger partial charge in [-0.15, -0.1) is 0 Å². The second kappa shape index (κ2) is 7.21. The second-order valence-corrected chi connectivity index (χ2v) is 6.72. The van der Waals surface area contributed by atoms with Gasteiger partial charge in [0, 0.05) is 0 Å². The van der Waals surface area contributed by atoms with Crippen molar-refractivity contribution in [3.05, 3.63) is 107 Å². The van der Waals surface area contributed by atoms with Crippen LogP contribution in [0.1, 0.15) is 22.3 Å². The van der Waals surface area contributed by atoms with Crippen molar-refractivity contribution in [2.45, 2.75) is 12.1 Å². The van der Waals surface area contributed by atoms with E-state index in [-0.39, 0.29) is 12.1 Å². The van der Waals surface area contributed by atoms with E-state index >= 15 is 0 Å². The molecule has 6 heteroatoms. The molecular formula is C23H16FN3O2. The highest BCUT2D eigenvalue weighted by molar-refractivity contribution is 6.09. The van der Waals surface area contributed by atoms with E-state index in [4.69, 9.17) is 0 Å². The van der Waals surface area contributed by atoms with Gasteiger partial charge in [0.15, 0.2) is 5.54 Å². The maximum atomic E-state index is 13.6. The summed E-state index contributed by atoms with van der Waals surface area (Å²) in [6.45, 7) is -0.130. The average Bonchev–Trinajstić information content (AvgIpc) is 3.01. The Bertz CT molecular complexity index is 1080. The Hall–Kier alpha value is -3.98. The Labute approximate surface area is 167 Å². The molecule has 1 heterocycles. The van der Waals surface area contributed by atoms with Crippen LogP contribution in [0.5, 0.6) is 0 Å². The van der Waals surface area contributed by atoms with E-state index in [9.17, 15) is 19.2 Å². The summed E-state index contributed by atoms with van der Waals surface area (Å²) in [4.78, 5) is 27.5. The zero-order valence-corrected chi connectivity index (χ0v) is 15.3. The lowest BCUT2D eigenvalue weighted by molar-refractivity contribution is -0.130. The number of hydrogen-bond donors (Lipinski definition) is 1. The van der Waals surface area contributed by atoms with Crippen LogP contribution in [0.2, 0.25) is 0 Å². The zero-order valence-electron chi connectivity index (χ0n) is 15.3. The minimum Gasteiger partial charge on any atom is -0.315 e. The van der Waals surface area contributed by atoms with E-state index in [1.807, 2.05) is 18.2 Å². The largest absolute Gasteiger partial charge is 0.325 e. The average molecular weight is 385 g/mol. The molecule has 0 atom stereocenters. The van der Waals surface area contributed by atoms with Gasteiger partial charge in [-0.05, 0) is 28.8 Å². The second-order valence-electron chi connectivity index (χ2n) is 6.72. The van der Waals surface area contributed by atoms with Gasteiger partial charge in [0.05, 0.1) is 18.2 Å². The van der Waals surface area contributed by atoms with Crippen LogP contribution in [0.15, 0.2) is 78.9 Å². The number of carbonyl (C=O) groups excluding carboxylic acids is 2. The molecule has 3 amide bonds. The van der Waals surface area contributed by atoms with Crippen LogP contribution >= 0.6 is 0 Å². The number of imide groups is 1. The number of urea groups is 1. The molecule has 0 saturated carbocycles. The predicted octanol–water partition coefficient (Wildman–Crippen LogP) is 3.69. The van der Waals surface area contributed by atoms with Crippen LogP contribution in [0.3, 0.4) is 0 Å². The Morgan fingerprint density at radius 3 is 2.07 bits per heavy atom. The van der Waals surface area contributed by atoms with Gasteiger partial charge in [-0.2, -0.15) is 5.26 Å². The molecule has 3 aromatic rings. The number of carbonyl (C=O) groups is 2. The molecule has 5 nitrogen and oxygen atoms in total. The molecule has 0 radical (unpaired) electrons. The third kappa shape index (κ3) is 3.03. The molecule has 29 heavy (non-hydrogen) atoms. The number of amides is 3. The topological polar surface area (TPSA) is 73.2 Å². The fourth-order valence-corrected chi connectivity index (χ4v) is 3.61. The Morgan fingerprint density at radius 1 is 0.931 bits per heavy atom. The van der Waals surface area contributed by atoms with Gasteiger partial charge >= 0.3 is 6.03 Å². The van der Waals surface area contributed by atoms with E-state index < -0.39 is 23.3 Å². The van der Waals surface area contributed by atoms with Crippen LogP contribution in [-0.2, 0) is 16.9 Å². The standard InChI is InChI=1S/C23H16FN3O2/c24-20-12-11-16(17(13-20)14-25)15-27-21(28)23(26-22(27)29,18-7-3-1-4-8-18)19-9-5-2-6-10-19/h1-13H,15H2,(H,26,29). The molecular weight excluding hydrogens is 369 g/mol. The summed E-state index contributed by atoms with van der Waals surface area (Å²) in [7, 11) is 0. The SMILES string of the molecule is N#Cc1cc(F)ccc1CN1C(=O)NC(c2ccccc2)(c2ccccc2)C1=O. The quantitative estimate of drug-likeness (QED) is 0.696. The number of nitriles is 1. The Balaban J connectivity index is 1.80. The van der Waals surface area contributed by atoms with Crippen molar-refractivity contribution in [2.24, 2.45) is 0 Å². The lowest BCUT2D eigenvalue weighted by Crippen LogP contribution is -2.45. The van der Waals surface area contributed by atoms with Gasteiger partial charge in [0.25, 0.3) is 5.91 Å². The maximum absolute atomic E-state index is 13.6. The van der Waals surface area contributed by atoms with Crippen molar-refractivity contribution < 1.29 is 14.0 Å². The normalized spacial score (nSPS) is 15.1. The van der Waals surface area contributed by atoms with Crippen molar-refractivity contribution >= 4 is 11.9 Å². The first-order valence-electron chi connectivity index (χ1n) is 9.00. The summed E-state index contributed by atoms with van der Waals surface area (Å²) in [5.74, 6) is -1.00. The first-order chi connectivity index (χ1) is 14.1. The Kier molecular flexibility index (Phi) is 4.57. The molecule has 1 aliphatic heterocycles. The van der Waals surface area contributed by atoms with Crippen LogP contribution in [0.25, 0.3) is 0 Å². The molecule has 1 aliphatic rings. The predicted molar refractivity (Wildman–Crippen MR) is 104 cm³/mol. The first-order valence-corrected chi connectivity index (χ1v) is 9.00. The number of halogens is 1. The Morgan fingerprint density at radius 2 is 1.52 bits per heavy atom. The lowest BCUT2D eigenvalue weighted by Gasteiger charge is -2.28. The van der Waals surface area contributed by atoms with Gasteiger partial charge in [0.1, 0.15) is 5.82 Å². The molecule has 0 aromatic heterocycles. The highest BCUT2D eigenvalue weighted by Gasteiger charge is 2.53. The van der Waals surface area contributed by atoms with E-state index in [0.29, 0.717) is 16.7 Å². The fraction of sp³-hybridized carbons (Fsp3) is 0.0870. The molecule has 0 bridgehead atoms. The maximum Gasteiger partial charge on any atom is 0.325 e. The van der Waals surface area contributed by atoms with Crippen LogP contribution < -0.4 is 5.32 Å². The summed E-state index contributed by atoms with van der Waals surface area (Å²) in [5, 5.41) is 12.1. The molecule has 4 rings (SSSR count). The number of nitrogens with one attached hydrogen (secondary N) is 1. The number of hydrogen-bond acceptors (Lipinski definition) is 3. The summed E-state index contributed by atoms with van der Waals surface area (Å²) < 4.78 is 13.5. The van der Waals surface area contributed by atoms with Crippen molar-refractivity contribution in [2.75, 3.05) is 0 Å². The summed E-state index contributed by atoms with van der Waals surface area (Å²) in [5.41, 5.74) is 0.377. The highest BCUT2D eigenvalue weighted by atomic mass is 19.1. The molecule has 1 fully saturated rings. The lowest BCUT2D eigenvalue weighted by atomic mass is 9.82. The third-order valence-corrected chi connectivity index (χ3v) is 5.04. The third-order valence-electron chi connectivity index (χ3n) is 5.04. The van der Waals surface area contributed by atoms with Crippen LogP contribution in [-0.4, -0.2) is 16.8 Å². The summed E-state index contributed by atoms with van der Waals surface area (Å²) >= 11 is 0. The summed E-state index contributed by atoms with van der Waals surface area (Å²) in [6, 6.07) is 23.1. The van der Waals surface area contributed by atoms with E-state index in [0.717, 1.165) is 11.0 Å².